The fraction of sp³-hybridized carbons (Fsp3) is 0.457. The summed E-state index contributed by atoms with van der Waals surface area (Å²) in [6.45, 7) is 0.706. The molecule has 2 saturated heterocycles. The van der Waals surface area contributed by atoms with Gasteiger partial charge < -0.3 is 29.4 Å². The number of aliphatic hydroxyl groups is 1. The number of ether oxygens (including phenoxy) is 4. The number of aliphatic hydroxyl groups excluding tert-OH is 1. The second-order valence-corrected chi connectivity index (χ2v) is 14.1. The van der Waals surface area contributed by atoms with Crippen LogP contribution in [0.4, 0.5) is 4.79 Å². The number of fused-ring (bicyclic) bond motifs is 1. The minimum atomic E-state index is -4.21. The van der Waals surface area contributed by atoms with Gasteiger partial charge >= 0.3 is 6.09 Å². The molecule has 3 aliphatic rings. The summed E-state index contributed by atoms with van der Waals surface area (Å²) < 4.78 is 51.6. The van der Waals surface area contributed by atoms with E-state index in [2.05, 4.69) is 5.32 Å². The maximum atomic E-state index is 14.0. The monoisotopic (exact) mass is 666 g/mol. The third-order valence-electron chi connectivity index (χ3n) is 8.85. The zero-order chi connectivity index (χ0) is 32.6. The molecule has 1 aliphatic carbocycles. The van der Waals surface area contributed by atoms with Crippen LogP contribution in [0.25, 0.3) is 0 Å². The number of nitrogens with zero attached hydrogens (tertiary/aromatic N) is 1. The van der Waals surface area contributed by atoms with E-state index in [1.807, 2.05) is 60.7 Å². The number of alkyl carbamates (subject to hydrolysis) is 1. The van der Waals surface area contributed by atoms with E-state index in [9.17, 15) is 18.3 Å². The van der Waals surface area contributed by atoms with Crippen LogP contribution in [0.1, 0.15) is 43.2 Å². The maximum absolute atomic E-state index is 14.0. The Kier molecular flexibility index (Phi) is 11.1. The largest absolute Gasteiger partial charge is 0.489 e. The molecule has 3 fully saturated rings. The Morgan fingerprint density at radius 1 is 0.915 bits per heavy atom. The molecule has 1 amide bonds. The van der Waals surface area contributed by atoms with Crippen LogP contribution in [0.5, 0.6) is 5.75 Å². The van der Waals surface area contributed by atoms with Crippen LogP contribution in [0.3, 0.4) is 0 Å². The highest BCUT2D eigenvalue weighted by Gasteiger charge is 2.44. The molecule has 0 spiro atoms. The number of amides is 1. The number of carbonyl (C=O) groups excluding carboxylic acids is 1. The Hall–Kier alpha value is -3.52. The van der Waals surface area contributed by atoms with E-state index in [0.717, 1.165) is 34.9 Å². The Bertz CT molecular complexity index is 1540. The van der Waals surface area contributed by atoms with E-state index in [4.69, 9.17) is 23.8 Å². The third-order valence-corrected chi connectivity index (χ3v) is 10.5. The highest BCUT2D eigenvalue weighted by molar-refractivity contribution is 7.89. The van der Waals surface area contributed by atoms with Gasteiger partial charge in [-0.25, -0.2) is 13.2 Å². The number of nitrogens with one attached hydrogen (secondary N) is 1. The van der Waals surface area contributed by atoms with Crippen LogP contribution in [0.2, 0.25) is 0 Å². The van der Waals surface area contributed by atoms with Gasteiger partial charge in [-0.2, -0.15) is 0 Å². The van der Waals surface area contributed by atoms with Gasteiger partial charge in [0, 0.05) is 0 Å². The van der Waals surface area contributed by atoms with E-state index in [-0.39, 0.29) is 36.2 Å². The SMILES string of the molecule is O=C(N[C@@H](Cc1ccccc1)[C@H](O)CN(OC1CCCC1)S(=O)(=O)c1ccc(OCc2ccccc2)cc1)OC1CO[C@H]2OCC[C@@H]12. The van der Waals surface area contributed by atoms with E-state index in [1.165, 1.54) is 12.1 Å². The lowest BCUT2D eigenvalue weighted by molar-refractivity contribution is -0.145. The van der Waals surface area contributed by atoms with Gasteiger partial charge in [0.05, 0.1) is 48.8 Å². The molecule has 6 rings (SSSR count). The summed E-state index contributed by atoms with van der Waals surface area (Å²) in [6.07, 6.45) is 1.02. The first kappa shape index (κ1) is 33.4. The smallest absolute Gasteiger partial charge is 0.407 e. The zero-order valence-corrected chi connectivity index (χ0v) is 27.0. The topological polar surface area (TPSA) is 133 Å². The summed E-state index contributed by atoms with van der Waals surface area (Å²) in [5.41, 5.74) is 1.84. The molecule has 1 unspecified atom stereocenters. The van der Waals surface area contributed by atoms with Crippen LogP contribution in [-0.2, 0) is 42.1 Å². The Morgan fingerprint density at radius 3 is 2.30 bits per heavy atom. The molecule has 0 aromatic heterocycles. The molecule has 2 heterocycles. The average molecular weight is 667 g/mol. The molecule has 2 N–H and O–H groups in total. The number of sulfonamides is 1. The summed E-state index contributed by atoms with van der Waals surface area (Å²) in [7, 11) is -4.21. The third kappa shape index (κ3) is 8.69. The van der Waals surface area contributed by atoms with Crippen molar-refractivity contribution in [2.24, 2.45) is 5.92 Å². The van der Waals surface area contributed by atoms with Gasteiger partial charge in [0.2, 0.25) is 0 Å². The van der Waals surface area contributed by atoms with Crippen molar-refractivity contribution in [3.63, 3.8) is 0 Å². The highest BCUT2D eigenvalue weighted by atomic mass is 32.2. The van der Waals surface area contributed by atoms with E-state index in [0.29, 0.717) is 31.8 Å². The first-order valence-electron chi connectivity index (χ1n) is 16.2. The van der Waals surface area contributed by atoms with Crippen LogP contribution >= 0.6 is 0 Å². The molecule has 12 heteroatoms. The first-order valence-corrected chi connectivity index (χ1v) is 17.7. The lowest BCUT2D eigenvalue weighted by Gasteiger charge is -2.31. The number of carbonyl (C=O) groups is 1. The van der Waals surface area contributed by atoms with Crippen LogP contribution in [0, 0.1) is 5.92 Å². The van der Waals surface area contributed by atoms with E-state index >= 15 is 0 Å². The van der Waals surface area contributed by atoms with Gasteiger partial charge in [-0.15, -0.1) is 0 Å². The molecule has 11 nitrogen and oxygen atoms in total. The van der Waals surface area contributed by atoms with Crippen molar-refractivity contribution < 1.29 is 42.1 Å². The van der Waals surface area contributed by atoms with Crippen molar-refractivity contribution in [1.29, 1.82) is 0 Å². The Labute approximate surface area is 275 Å². The number of benzene rings is 3. The molecule has 0 bridgehead atoms. The number of hydrogen-bond acceptors (Lipinski definition) is 9. The minimum Gasteiger partial charge on any atom is -0.489 e. The predicted octanol–water partition coefficient (Wildman–Crippen LogP) is 4.59. The van der Waals surface area contributed by atoms with Crippen molar-refractivity contribution in [1.82, 2.24) is 9.79 Å². The zero-order valence-electron chi connectivity index (χ0n) is 26.2. The minimum absolute atomic E-state index is 0.00342. The normalized spacial score (nSPS) is 22.6. The molecule has 5 atom stereocenters. The molecule has 2 aliphatic heterocycles. The molecule has 3 aromatic carbocycles. The van der Waals surface area contributed by atoms with Crippen LogP contribution < -0.4 is 10.1 Å². The average Bonchev–Trinajstić information content (AvgIpc) is 3.85. The lowest BCUT2D eigenvalue weighted by atomic mass is 10.0. The van der Waals surface area contributed by atoms with Gasteiger partial charge in [-0.1, -0.05) is 78.0 Å². The van der Waals surface area contributed by atoms with Crippen molar-refractivity contribution in [3.05, 3.63) is 96.1 Å². The van der Waals surface area contributed by atoms with Gasteiger partial charge in [0.15, 0.2) is 6.29 Å². The van der Waals surface area contributed by atoms with Gasteiger partial charge in [0.1, 0.15) is 18.5 Å². The predicted molar refractivity (Wildman–Crippen MR) is 172 cm³/mol. The van der Waals surface area contributed by atoms with E-state index < -0.39 is 40.9 Å². The number of rotatable bonds is 14. The molecular formula is C35H42N2O9S. The molecule has 47 heavy (non-hydrogen) atoms. The van der Waals surface area contributed by atoms with E-state index in [1.54, 1.807) is 12.1 Å². The van der Waals surface area contributed by atoms with Gasteiger partial charge in [0.25, 0.3) is 10.0 Å². The summed E-state index contributed by atoms with van der Waals surface area (Å²) >= 11 is 0. The fourth-order valence-corrected chi connectivity index (χ4v) is 7.52. The Morgan fingerprint density at radius 2 is 1.60 bits per heavy atom. The first-order chi connectivity index (χ1) is 22.8. The second kappa shape index (κ2) is 15.6. The summed E-state index contributed by atoms with van der Waals surface area (Å²) in [5.74, 6) is 0.471. The number of hydrogen-bond donors (Lipinski definition) is 2. The fourth-order valence-electron chi connectivity index (χ4n) is 6.23. The van der Waals surface area contributed by atoms with Crippen LogP contribution in [0.15, 0.2) is 89.8 Å². The van der Waals surface area contributed by atoms with Crippen molar-refractivity contribution >= 4 is 16.1 Å². The molecule has 3 aromatic rings. The summed E-state index contributed by atoms with van der Waals surface area (Å²) in [6, 6.07) is 24.3. The molecule has 0 radical (unpaired) electrons. The lowest BCUT2D eigenvalue weighted by Crippen LogP contribution is -2.51. The van der Waals surface area contributed by atoms with Crippen molar-refractivity contribution in [2.45, 2.75) is 80.7 Å². The van der Waals surface area contributed by atoms with Gasteiger partial charge in [-0.05, 0) is 61.1 Å². The maximum Gasteiger partial charge on any atom is 0.407 e. The standard InChI is InChI=1S/C35H42N2O9S/c38-32(31(21-25-9-3-1-4-10-25)36-35(39)45-33-24-44-34-30(33)19-20-42-34)22-37(46-28-13-7-8-14-28)47(40,41)29-17-15-27(16-18-29)43-23-26-11-5-2-6-12-26/h1-6,9-12,15-18,28,30-34,38H,7-8,13-14,19-24H2,(H,36,39)/t30-,31-,32+,33?,34+/m0/s1. The van der Waals surface area contributed by atoms with Gasteiger partial charge in [-0.3, -0.25) is 4.84 Å². The quantitative estimate of drug-likeness (QED) is 0.237. The van der Waals surface area contributed by atoms with Crippen LogP contribution in [-0.4, -0.2) is 74.5 Å². The second-order valence-electron chi connectivity index (χ2n) is 12.2. The summed E-state index contributed by atoms with van der Waals surface area (Å²) in [4.78, 5) is 19.2. The van der Waals surface area contributed by atoms with Crippen molar-refractivity contribution in [2.75, 3.05) is 19.8 Å². The number of hydroxylamine groups is 1. The molecule has 252 valence electrons. The van der Waals surface area contributed by atoms with Crippen molar-refractivity contribution in [3.8, 4) is 5.75 Å². The Balaban J connectivity index is 1.17. The highest BCUT2D eigenvalue weighted by Crippen LogP contribution is 2.33. The molecular weight excluding hydrogens is 624 g/mol. The summed E-state index contributed by atoms with van der Waals surface area (Å²) in [5, 5.41) is 14.4. The molecule has 1 saturated carbocycles.